The van der Waals surface area contributed by atoms with Gasteiger partial charge in [-0.15, -0.1) is 0 Å². The molecular formula is C16H24N2O2. The standard InChI is InChI=1S/C16H24N2O2/c1-2-3-10-20-14-8-6-13(7-9-14)16(19)18-15(11-17)12-4-5-12/h6-9,12,15H,2-5,10-11,17H2,1H3,(H,18,19). The van der Waals surface area contributed by atoms with Crippen molar-refractivity contribution in [1.82, 2.24) is 5.32 Å². The zero-order valence-electron chi connectivity index (χ0n) is 12.1. The smallest absolute Gasteiger partial charge is 0.251 e. The molecule has 0 bridgehead atoms. The zero-order valence-corrected chi connectivity index (χ0v) is 12.1. The minimum Gasteiger partial charge on any atom is -0.494 e. The summed E-state index contributed by atoms with van der Waals surface area (Å²) in [5, 5.41) is 3.01. The monoisotopic (exact) mass is 276 g/mol. The van der Waals surface area contributed by atoms with E-state index in [4.69, 9.17) is 10.5 Å². The van der Waals surface area contributed by atoms with Gasteiger partial charge >= 0.3 is 0 Å². The van der Waals surface area contributed by atoms with Crippen LogP contribution < -0.4 is 15.8 Å². The molecule has 1 unspecified atom stereocenters. The van der Waals surface area contributed by atoms with E-state index in [0.717, 1.165) is 25.2 Å². The van der Waals surface area contributed by atoms with Gasteiger partial charge in [0.1, 0.15) is 5.75 Å². The number of nitrogens with one attached hydrogen (secondary N) is 1. The lowest BCUT2D eigenvalue weighted by molar-refractivity contribution is 0.0933. The summed E-state index contributed by atoms with van der Waals surface area (Å²) in [5.74, 6) is 1.33. The van der Waals surface area contributed by atoms with Gasteiger partial charge < -0.3 is 15.8 Å². The summed E-state index contributed by atoms with van der Waals surface area (Å²) in [6.45, 7) is 3.36. The largest absolute Gasteiger partial charge is 0.494 e. The molecule has 2 rings (SSSR count). The van der Waals surface area contributed by atoms with E-state index in [1.54, 1.807) is 12.1 Å². The van der Waals surface area contributed by atoms with Crippen LogP contribution in [-0.4, -0.2) is 25.1 Å². The van der Waals surface area contributed by atoms with Gasteiger partial charge in [-0.2, -0.15) is 0 Å². The molecule has 0 heterocycles. The summed E-state index contributed by atoms with van der Waals surface area (Å²) in [7, 11) is 0. The van der Waals surface area contributed by atoms with Gasteiger partial charge in [0.05, 0.1) is 6.61 Å². The molecule has 3 N–H and O–H groups in total. The van der Waals surface area contributed by atoms with E-state index in [0.29, 0.717) is 18.0 Å². The Morgan fingerprint density at radius 2 is 2.10 bits per heavy atom. The molecule has 1 amide bonds. The predicted octanol–water partition coefficient (Wildman–Crippen LogP) is 2.33. The first-order valence-corrected chi connectivity index (χ1v) is 7.48. The maximum absolute atomic E-state index is 12.1. The van der Waals surface area contributed by atoms with E-state index in [9.17, 15) is 4.79 Å². The first-order valence-electron chi connectivity index (χ1n) is 7.48. The van der Waals surface area contributed by atoms with Crippen molar-refractivity contribution in [2.45, 2.75) is 38.6 Å². The first kappa shape index (κ1) is 14.9. The second kappa shape index (κ2) is 7.29. The first-order chi connectivity index (χ1) is 9.74. The Bertz CT molecular complexity index is 427. The summed E-state index contributed by atoms with van der Waals surface area (Å²) in [6.07, 6.45) is 4.50. The van der Waals surface area contributed by atoms with Gasteiger partial charge in [-0.3, -0.25) is 4.79 Å². The molecule has 0 radical (unpaired) electrons. The molecule has 1 fully saturated rings. The topological polar surface area (TPSA) is 64.3 Å². The van der Waals surface area contributed by atoms with Crippen molar-refractivity contribution in [2.75, 3.05) is 13.2 Å². The molecule has 0 aliphatic heterocycles. The lowest BCUT2D eigenvalue weighted by atomic mass is 10.1. The maximum Gasteiger partial charge on any atom is 0.251 e. The number of rotatable bonds is 8. The number of carbonyl (C=O) groups excluding carboxylic acids is 1. The van der Waals surface area contributed by atoms with Crippen LogP contribution in [0.2, 0.25) is 0 Å². The number of hydrogen-bond donors (Lipinski definition) is 2. The fourth-order valence-corrected chi connectivity index (χ4v) is 2.16. The molecule has 20 heavy (non-hydrogen) atoms. The molecule has 0 saturated heterocycles. The van der Waals surface area contributed by atoms with Crippen LogP contribution in [0.15, 0.2) is 24.3 Å². The van der Waals surface area contributed by atoms with Crippen molar-refractivity contribution in [3.05, 3.63) is 29.8 Å². The Morgan fingerprint density at radius 1 is 1.40 bits per heavy atom. The Hall–Kier alpha value is -1.55. The van der Waals surface area contributed by atoms with Gasteiger partial charge in [-0.05, 0) is 49.4 Å². The molecule has 4 heteroatoms. The van der Waals surface area contributed by atoms with Crippen molar-refractivity contribution in [3.63, 3.8) is 0 Å². The number of hydrogen-bond acceptors (Lipinski definition) is 3. The van der Waals surface area contributed by atoms with Crippen molar-refractivity contribution in [2.24, 2.45) is 11.7 Å². The molecule has 0 aromatic heterocycles. The molecule has 1 aromatic rings. The third kappa shape index (κ3) is 4.23. The Kier molecular flexibility index (Phi) is 5.41. The van der Waals surface area contributed by atoms with Gasteiger partial charge in [0, 0.05) is 18.2 Å². The van der Waals surface area contributed by atoms with Gasteiger partial charge in [0.25, 0.3) is 5.91 Å². The summed E-state index contributed by atoms with van der Waals surface area (Å²) < 4.78 is 5.58. The van der Waals surface area contributed by atoms with Crippen LogP contribution in [0.5, 0.6) is 5.75 Å². The van der Waals surface area contributed by atoms with Gasteiger partial charge in [-0.1, -0.05) is 13.3 Å². The van der Waals surface area contributed by atoms with Crippen LogP contribution >= 0.6 is 0 Å². The van der Waals surface area contributed by atoms with E-state index < -0.39 is 0 Å². The molecule has 1 atom stereocenters. The van der Waals surface area contributed by atoms with Crippen LogP contribution in [0.3, 0.4) is 0 Å². The SMILES string of the molecule is CCCCOc1ccc(C(=O)NC(CN)C2CC2)cc1. The Balaban J connectivity index is 1.86. The molecule has 0 spiro atoms. The molecule has 1 aromatic carbocycles. The quantitative estimate of drug-likeness (QED) is 0.716. The van der Waals surface area contributed by atoms with Crippen molar-refractivity contribution in [3.8, 4) is 5.75 Å². The second-order valence-corrected chi connectivity index (χ2v) is 5.38. The lowest BCUT2D eigenvalue weighted by Crippen LogP contribution is -2.41. The number of ether oxygens (including phenoxy) is 1. The van der Waals surface area contributed by atoms with Crippen LogP contribution in [0, 0.1) is 5.92 Å². The number of nitrogens with two attached hydrogens (primary N) is 1. The Labute approximate surface area is 120 Å². The fourth-order valence-electron chi connectivity index (χ4n) is 2.16. The lowest BCUT2D eigenvalue weighted by Gasteiger charge is -2.16. The highest BCUT2D eigenvalue weighted by molar-refractivity contribution is 5.94. The number of amides is 1. The summed E-state index contributed by atoms with van der Waals surface area (Å²) in [5.41, 5.74) is 6.36. The van der Waals surface area contributed by atoms with Gasteiger partial charge in [0.15, 0.2) is 0 Å². The van der Waals surface area contributed by atoms with Crippen LogP contribution in [0.4, 0.5) is 0 Å². The fraction of sp³-hybridized carbons (Fsp3) is 0.562. The highest BCUT2D eigenvalue weighted by atomic mass is 16.5. The van der Waals surface area contributed by atoms with Gasteiger partial charge in [0.2, 0.25) is 0 Å². The van der Waals surface area contributed by atoms with E-state index in [1.165, 1.54) is 12.8 Å². The highest BCUT2D eigenvalue weighted by Crippen LogP contribution is 2.32. The third-order valence-corrected chi connectivity index (χ3v) is 3.64. The minimum atomic E-state index is -0.0486. The zero-order chi connectivity index (χ0) is 14.4. The number of benzene rings is 1. The van der Waals surface area contributed by atoms with Crippen molar-refractivity contribution >= 4 is 5.91 Å². The number of unbranched alkanes of at least 4 members (excludes halogenated alkanes) is 1. The third-order valence-electron chi connectivity index (χ3n) is 3.64. The van der Waals surface area contributed by atoms with E-state index in [1.807, 2.05) is 12.1 Å². The van der Waals surface area contributed by atoms with Crippen molar-refractivity contribution in [1.29, 1.82) is 0 Å². The van der Waals surface area contributed by atoms with E-state index >= 15 is 0 Å². The average molecular weight is 276 g/mol. The van der Waals surface area contributed by atoms with Crippen molar-refractivity contribution < 1.29 is 9.53 Å². The normalized spacial score (nSPS) is 15.7. The molecule has 110 valence electrons. The van der Waals surface area contributed by atoms with Crippen LogP contribution in [0.1, 0.15) is 43.0 Å². The molecule has 4 nitrogen and oxygen atoms in total. The summed E-state index contributed by atoms with van der Waals surface area (Å²) in [6, 6.07) is 7.41. The maximum atomic E-state index is 12.1. The van der Waals surface area contributed by atoms with Crippen LogP contribution in [-0.2, 0) is 0 Å². The Morgan fingerprint density at radius 3 is 2.65 bits per heavy atom. The average Bonchev–Trinajstić information content (AvgIpc) is 3.30. The molecule has 1 aliphatic rings. The van der Waals surface area contributed by atoms with Crippen LogP contribution in [0.25, 0.3) is 0 Å². The second-order valence-electron chi connectivity index (χ2n) is 5.38. The predicted molar refractivity (Wildman–Crippen MR) is 79.9 cm³/mol. The molecule has 1 aliphatic carbocycles. The summed E-state index contributed by atoms with van der Waals surface area (Å²) >= 11 is 0. The van der Waals surface area contributed by atoms with E-state index in [-0.39, 0.29) is 11.9 Å². The van der Waals surface area contributed by atoms with E-state index in [2.05, 4.69) is 12.2 Å². The number of carbonyl (C=O) groups is 1. The molecule has 1 saturated carbocycles. The molecular weight excluding hydrogens is 252 g/mol. The highest BCUT2D eigenvalue weighted by Gasteiger charge is 2.31. The minimum absolute atomic E-state index is 0.0486. The van der Waals surface area contributed by atoms with Gasteiger partial charge in [-0.25, -0.2) is 0 Å². The summed E-state index contributed by atoms with van der Waals surface area (Å²) in [4.78, 5) is 12.1.